The predicted octanol–water partition coefficient (Wildman–Crippen LogP) is 2.99. The molecule has 2 rings (SSSR count). The minimum atomic E-state index is -0.324. The highest BCUT2D eigenvalue weighted by Crippen LogP contribution is 2.19. The van der Waals surface area contributed by atoms with Crippen LogP contribution >= 0.6 is 0 Å². The molecular weight excluding hydrogens is 285 g/mol. The van der Waals surface area contributed by atoms with Crippen LogP contribution in [-0.2, 0) is 0 Å². The van der Waals surface area contributed by atoms with Gasteiger partial charge in [-0.25, -0.2) is 4.39 Å². The molecule has 0 aromatic heterocycles. The van der Waals surface area contributed by atoms with E-state index in [1.165, 1.54) is 35.2 Å². The van der Waals surface area contributed by atoms with E-state index >= 15 is 0 Å². The van der Waals surface area contributed by atoms with Gasteiger partial charge in [0.1, 0.15) is 23.9 Å². The quantitative estimate of drug-likeness (QED) is 0.924. The first kappa shape index (κ1) is 15.8. The Morgan fingerprint density at radius 1 is 1.23 bits per heavy atom. The Morgan fingerprint density at radius 3 is 2.59 bits per heavy atom. The fraction of sp³-hybridized carbons (Fsp3) is 0.235. The largest absolute Gasteiger partial charge is 0.507 e. The lowest BCUT2D eigenvalue weighted by Gasteiger charge is -2.18. The minimum Gasteiger partial charge on any atom is -0.507 e. The molecule has 116 valence electrons. The van der Waals surface area contributed by atoms with E-state index in [0.29, 0.717) is 12.3 Å². The number of phenols is 1. The molecule has 0 atom stereocenters. The van der Waals surface area contributed by atoms with Crippen molar-refractivity contribution in [3.8, 4) is 11.5 Å². The molecule has 0 aliphatic rings. The summed E-state index contributed by atoms with van der Waals surface area (Å²) in [6.07, 6.45) is 0. The second-order valence-electron chi connectivity index (χ2n) is 5.05. The predicted molar refractivity (Wildman–Crippen MR) is 81.7 cm³/mol. The van der Waals surface area contributed by atoms with Gasteiger partial charge < -0.3 is 14.7 Å². The molecule has 0 saturated heterocycles. The minimum absolute atomic E-state index is 0.0399. The van der Waals surface area contributed by atoms with Crippen LogP contribution in [0.2, 0.25) is 0 Å². The third-order valence-corrected chi connectivity index (χ3v) is 3.24. The number of aromatic hydroxyl groups is 1. The zero-order valence-electron chi connectivity index (χ0n) is 12.5. The van der Waals surface area contributed by atoms with Crippen LogP contribution in [0.5, 0.6) is 11.5 Å². The van der Waals surface area contributed by atoms with Crippen LogP contribution in [0, 0.1) is 12.7 Å². The number of halogens is 1. The average molecular weight is 303 g/mol. The maximum absolute atomic E-state index is 12.8. The van der Waals surface area contributed by atoms with E-state index in [-0.39, 0.29) is 29.6 Å². The standard InChI is InChI=1S/C17H18FNO3/c1-12-3-8-16(20)15(11-12)17(21)19(2)9-10-22-14-6-4-13(18)5-7-14/h3-8,11,20H,9-10H2,1-2H3. The van der Waals surface area contributed by atoms with Crippen molar-refractivity contribution in [3.63, 3.8) is 0 Å². The number of aryl methyl sites for hydroxylation is 1. The Kier molecular flexibility index (Phi) is 4.99. The van der Waals surface area contributed by atoms with Crippen LogP contribution in [0.1, 0.15) is 15.9 Å². The molecule has 5 heteroatoms. The highest BCUT2D eigenvalue weighted by atomic mass is 19.1. The highest BCUT2D eigenvalue weighted by Gasteiger charge is 2.15. The molecule has 0 radical (unpaired) electrons. The van der Waals surface area contributed by atoms with Crippen molar-refractivity contribution in [1.82, 2.24) is 4.90 Å². The lowest BCUT2D eigenvalue weighted by Crippen LogP contribution is -2.31. The SMILES string of the molecule is Cc1ccc(O)c(C(=O)N(C)CCOc2ccc(F)cc2)c1. The van der Waals surface area contributed by atoms with Gasteiger partial charge in [-0.1, -0.05) is 11.6 Å². The second kappa shape index (κ2) is 6.93. The molecule has 1 amide bonds. The van der Waals surface area contributed by atoms with Gasteiger partial charge >= 0.3 is 0 Å². The first-order chi connectivity index (χ1) is 10.5. The van der Waals surface area contributed by atoms with E-state index in [4.69, 9.17) is 4.74 Å². The molecule has 1 N–H and O–H groups in total. The van der Waals surface area contributed by atoms with Crippen molar-refractivity contribution >= 4 is 5.91 Å². The van der Waals surface area contributed by atoms with Gasteiger partial charge in [0.05, 0.1) is 12.1 Å². The number of carbonyl (C=O) groups excluding carboxylic acids is 1. The van der Waals surface area contributed by atoms with Crippen molar-refractivity contribution < 1.29 is 19.0 Å². The van der Waals surface area contributed by atoms with Crippen molar-refractivity contribution in [2.45, 2.75) is 6.92 Å². The van der Waals surface area contributed by atoms with Crippen LogP contribution in [0.4, 0.5) is 4.39 Å². The van der Waals surface area contributed by atoms with Gasteiger partial charge in [0.2, 0.25) is 0 Å². The smallest absolute Gasteiger partial charge is 0.257 e. The molecule has 2 aromatic rings. The normalized spacial score (nSPS) is 10.3. The lowest BCUT2D eigenvalue weighted by atomic mass is 10.1. The molecule has 0 saturated carbocycles. The fourth-order valence-corrected chi connectivity index (χ4v) is 1.96. The van der Waals surface area contributed by atoms with E-state index in [9.17, 15) is 14.3 Å². The first-order valence-electron chi connectivity index (χ1n) is 6.91. The van der Waals surface area contributed by atoms with E-state index < -0.39 is 0 Å². The monoisotopic (exact) mass is 303 g/mol. The number of phenolic OH excluding ortho intramolecular Hbond substituents is 1. The van der Waals surface area contributed by atoms with Gasteiger partial charge in [0, 0.05) is 7.05 Å². The number of nitrogens with zero attached hydrogens (tertiary/aromatic N) is 1. The highest BCUT2D eigenvalue weighted by molar-refractivity contribution is 5.96. The maximum Gasteiger partial charge on any atom is 0.257 e. The maximum atomic E-state index is 12.8. The Morgan fingerprint density at radius 2 is 1.91 bits per heavy atom. The topological polar surface area (TPSA) is 49.8 Å². The van der Waals surface area contributed by atoms with E-state index in [0.717, 1.165) is 5.56 Å². The average Bonchev–Trinajstić information content (AvgIpc) is 2.51. The number of amides is 1. The Balaban J connectivity index is 1.91. The van der Waals surface area contributed by atoms with E-state index in [1.54, 1.807) is 19.2 Å². The van der Waals surface area contributed by atoms with Gasteiger partial charge in [-0.15, -0.1) is 0 Å². The van der Waals surface area contributed by atoms with Crippen LogP contribution < -0.4 is 4.74 Å². The number of ether oxygens (including phenoxy) is 1. The van der Waals surface area contributed by atoms with Crippen LogP contribution in [0.15, 0.2) is 42.5 Å². The third-order valence-electron chi connectivity index (χ3n) is 3.24. The zero-order valence-corrected chi connectivity index (χ0v) is 12.5. The van der Waals surface area contributed by atoms with E-state index in [2.05, 4.69) is 0 Å². The van der Waals surface area contributed by atoms with Gasteiger partial charge in [0.15, 0.2) is 0 Å². The van der Waals surface area contributed by atoms with Gasteiger partial charge in [0.25, 0.3) is 5.91 Å². The molecular formula is C17H18FNO3. The summed E-state index contributed by atoms with van der Waals surface area (Å²) in [6, 6.07) is 10.6. The van der Waals surface area contributed by atoms with Gasteiger partial charge in [-0.05, 0) is 43.3 Å². The summed E-state index contributed by atoms with van der Waals surface area (Å²) in [7, 11) is 1.64. The summed E-state index contributed by atoms with van der Waals surface area (Å²) in [6.45, 7) is 2.48. The number of rotatable bonds is 5. The molecule has 0 bridgehead atoms. The van der Waals surface area contributed by atoms with Gasteiger partial charge in [-0.3, -0.25) is 4.79 Å². The Labute approximate surface area is 128 Å². The molecule has 0 spiro atoms. The van der Waals surface area contributed by atoms with Crippen LogP contribution in [-0.4, -0.2) is 36.1 Å². The first-order valence-corrected chi connectivity index (χ1v) is 6.91. The Bertz CT molecular complexity index is 655. The number of benzene rings is 2. The molecule has 0 unspecified atom stereocenters. The molecule has 0 aliphatic heterocycles. The van der Waals surface area contributed by atoms with E-state index in [1.807, 2.05) is 6.92 Å². The van der Waals surface area contributed by atoms with Crippen molar-refractivity contribution in [1.29, 1.82) is 0 Å². The summed E-state index contributed by atoms with van der Waals surface area (Å²) >= 11 is 0. The summed E-state index contributed by atoms with van der Waals surface area (Å²) in [5.41, 5.74) is 1.17. The fourth-order valence-electron chi connectivity index (χ4n) is 1.96. The number of hydrogen-bond acceptors (Lipinski definition) is 3. The van der Waals surface area contributed by atoms with Gasteiger partial charge in [-0.2, -0.15) is 0 Å². The zero-order chi connectivity index (χ0) is 16.1. The molecule has 22 heavy (non-hydrogen) atoms. The molecule has 0 aliphatic carbocycles. The lowest BCUT2D eigenvalue weighted by molar-refractivity contribution is 0.0770. The molecule has 0 heterocycles. The second-order valence-corrected chi connectivity index (χ2v) is 5.05. The van der Waals surface area contributed by atoms with Crippen LogP contribution in [0.25, 0.3) is 0 Å². The summed E-state index contributed by atoms with van der Waals surface area (Å²) in [5.74, 6) is -0.0963. The molecule has 0 fully saturated rings. The van der Waals surface area contributed by atoms with Crippen molar-refractivity contribution in [3.05, 3.63) is 59.4 Å². The number of hydrogen-bond donors (Lipinski definition) is 1. The third kappa shape index (κ3) is 3.97. The summed E-state index contributed by atoms with van der Waals surface area (Å²) < 4.78 is 18.2. The number of carbonyl (C=O) groups is 1. The molecule has 4 nitrogen and oxygen atoms in total. The van der Waals surface area contributed by atoms with Crippen LogP contribution in [0.3, 0.4) is 0 Å². The summed E-state index contributed by atoms with van der Waals surface area (Å²) in [5, 5.41) is 9.77. The molecule has 2 aromatic carbocycles. The summed E-state index contributed by atoms with van der Waals surface area (Å²) in [4.78, 5) is 13.7. The Hall–Kier alpha value is -2.56. The van der Waals surface area contributed by atoms with Crippen molar-refractivity contribution in [2.24, 2.45) is 0 Å². The van der Waals surface area contributed by atoms with Crippen molar-refractivity contribution in [2.75, 3.05) is 20.2 Å². The number of likely N-dealkylation sites (N-methyl/N-ethyl adjacent to an activating group) is 1.